The number of hydrogen-bond donors (Lipinski definition) is 1. The number of nitrogens with one attached hydrogen (secondary N) is 1. The SMILES string of the molecule is CC(C)NC(=O)c1cc2c(ccc3ccccc32)o1. The van der Waals surface area contributed by atoms with Crippen LogP contribution in [0.1, 0.15) is 24.4 Å². The highest BCUT2D eigenvalue weighted by atomic mass is 16.3. The summed E-state index contributed by atoms with van der Waals surface area (Å²) in [6.45, 7) is 3.85. The number of rotatable bonds is 2. The predicted molar refractivity (Wildman–Crippen MR) is 76.3 cm³/mol. The van der Waals surface area contributed by atoms with Crippen LogP contribution in [0, 0.1) is 0 Å². The normalized spacial score (nSPS) is 11.3. The van der Waals surface area contributed by atoms with Crippen molar-refractivity contribution in [1.82, 2.24) is 5.32 Å². The van der Waals surface area contributed by atoms with Gasteiger partial charge in [-0.05, 0) is 36.8 Å². The maximum absolute atomic E-state index is 12.0. The second kappa shape index (κ2) is 4.43. The van der Waals surface area contributed by atoms with E-state index in [9.17, 15) is 4.79 Å². The Hall–Kier alpha value is -2.29. The van der Waals surface area contributed by atoms with Crippen molar-refractivity contribution in [2.24, 2.45) is 0 Å². The molecule has 0 spiro atoms. The molecule has 2 aromatic carbocycles. The van der Waals surface area contributed by atoms with Crippen molar-refractivity contribution in [2.45, 2.75) is 19.9 Å². The smallest absolute Gasteiger partial charge is 0.287 e. The molecule has 0 aliphatic heterocycles. The molecule has 1 N–H and O–H groups in total. The van der Waals surface area contributed by atoms with Gasteiger partial charge in [-0.2, -0.15) is 0 Å². The molecular weight excluding hydrogens is 238 g/mol. The van der Waals surface area contributed by atoms with Gasteiger partial charge in [0, 0.05) is 11.4 Å². The fraction of sp³-hybridized carbons (Fsp3) is 0.188. The van der Waals surface area contributed by atoms with Crippen molar-refractivity contribution >= 4 is 27.6 Å². The van der Waals surface area contributed by atoms with E-state index in [0.717, 1.165) is 21.7 Å². The summed E-state index contributed by atoms with van der Waals surface area (Å²) in [4.78, 5) is 12.0. The Labute approximate surface area is 111 Å². The van der Waals surface area contributed by atoms with Crippen LogP contribution in [0.3, 0.4) is 0 Å². The van der Waals surface area contributed by atoms with Gasteiger partial charge in [0.2, 0.25) is 0 Å². The lowest BCUT2D eigenvalue weighted by atomic mass is 10.1. The summed E-state index contributed by atoms with van der Waals surface area (Å²) in [7, 11) is 0. The van der Waals surface area contributed by atoms with Crippen molar-refractivity contribution in [2.75, 3.05) is 0 Å². The average molecular weight is 253 g/mol. The van der Waals surface area contributed by atoms with Gasteiger partial charge >= 0.3 is 0 Å². The van der Waals surface area contributed by atoms with Crippen LogP contribution in [0.25, 0.3) is 21.7 Å². The first kappa shape index (κ1) is 11.8. The summed E-state index contributed by atoms with van der Waals surface area (Å²) >= 11 is 0. The van der Waals surface area contributed by atoms with Crippen LogP contribution in [0.15, 0.2) is 46.9 Å². The van der Waals surface area contributed by atoms with Crippen molar-refractivity contribution in [1.29, 1.82) is 0 Å². The summed E-state index contributed by atoms with van der Waals surface area (Å²) in [6.07, 6.45) is 0. The molecule has 3 heteroatoms. The molecule has 0 atom stereocenters. The van der Waals surface area contributed by atoms with Gasteiger partial charge in [-0.15, -0.1) is 0 Å². The van der Waals surface area contributed by atoms with Crippen molar-refractivity contribution < 1.29 is 9.21 Å². The van der Waals surface area contributed by atoms with Crippen LogP contribution in [0.4, 0.5) is 0 Å². The molecule has 3 nitrogen and oxygen atoms in total. The number of hydrogen-bond acceptors (Lipinski definition) is 2. The maximum atomic E-state index is 12.0. The lowest BCUT2D eigenvalue weighted by Gasteiger charge is -2.04. The summed E-state index contributed by atoms with van der Waals surface area (Å²) in [5.41, 5.74) is 0.743. The molecule has 0 saturated heterocycles. The fourth-order valence-electron chi connectivity index (χ4n) is 2.24. The van der Waals surface area contributed by atoms with Gasteiger partial charge in [-0.3, -0.25) is 4.79 Å². The number of fused-ring (bicyclic) bond motifs is 3. The van der Waals surface area contributed by atoms with Gasteiger partial charge in [0.25, 0.3) is 5.91 Å². The van der Waals surface area contributed by atoms with Gasteiger partial charge in [0.1, 0.15) is 5.58 Å². The van der Waals surface area contributed by atoms with Crippen LogP contribution in [-0.2, 0) is 0 Å². The van der Waals surface area contributed by atoms with E-state index in [2.05, 4.69) is 11.4 Å². The van der Waals surface area contributed by atoms with Gasteiger partial charge in [0.15, 0.2) is 5.76 Å². The van der Waals surface area contributed by atoms with Gasteiger partial charge < -0.3 is 9.73 Å². The summed E-state index contributed by atoms with van der Waals surface area (Å²) in [5.74, 6) is 0.190. The largest absolute Gasteiger partial charge is 0.451 e. The molecule has 3 aromatic rings. The molecule has 0 bridgehead atoms. The van der Waals surface area contributed by atoms with Crippen molar-refractivity contribution in [3.63, 3.8) is 0 Å². The van der Waals surface area contributed by atoms with E-state index in [1.807, 2.05) is 50.2 Å². The van der Waals surface area contributed by atoms with E-state index < -0.39 is 0 Å². The average Bonchev–Trinajstić information content (AvgIpc) is 2.82. The van der Waals surface area contributed by atoms with E-state index in [0.29, 0.717) is 5.76 Å². The van der Waals surface area contributed by atoms with E-state index >= 15 is 0 Å². The Morgan fingerprint density at radius 3 is 2.68 bits per heavy atom. The van der Waals surface area contributed by atoms with Crippen LogP contribution >= 0.6 is 0 Å². The van der Waals surface area contributed by atoms with Gasteiger partial charge in [-0.25, -0.2) is 0 Å². The number of benzene rings is 2. The third-order valence-electron chi connectivity index (χ3n) is 3.07. The molecule has 96 valence electrons. The number of furan rings is 1. The van der Waals surface area contributed by atoms with E-state index in [4.69, 9.17) is 4.42 Å². The second-order valence-corrected chi connectivity index (χ2v) is 4.94. The number of amides is 1. The zero-order valence-corrected chi connectivity index (χ0v) is 10.9. The number of carbonyl (C=O) groups is 1. The molecular formula is C16H15NO2. The third-order valence-corrected chi connectivity index (χ3v) is 3.07. The topological polar surface area (TPSA) is 42.2 Å². The molecule has 0 saturated carbocycles. The Morgan fingerprint density at radius 1 is 1.11 bits per heavy atom. The molecule has 0 aliphatic rings. The zero-order valence-electron chi connectivity index (χ0n) is 10.9. The molecule has 1 heterocycles. The second-order valence-electron chi connectivity index (χ2n) is 4.94. The molecule has 0 fully saturated rings. The molecule has 3 rings (SSSR count). The highest BCUT2D eigenvalue weighted by molar-refractivity contribution is 6.08. The van der Waals surface area contributed by atoms with E-state index in [-0.39, 0.29) is 11.9 Å². The molecule has 1 aromatic heterocycles. The Kier molecular flexibility index (Phi) is 2.75. The Balaban J connectivity index is 2.15. The highest BCUT2D eigenvalue weighted by Crippen LogP contribution is 2.28. The standard InChI is InChI=1S/C16H15NO2/c1-10(2)17-16(18)15-9-13-12-6-4-3-5-11(12)7-8-14(13)19-15/h3-10H,1-2H3,(H,17,18). The van der Waals surface area contributed by atoms with Crippen LogP contribution in [0.5, 0.6) is 0 Å². The lowest BCUT2D eigenvalue weighted by molar-refractivity contribution is 0.0917. The highest BCUT2D eigenvalue weighted by Gasteiger charge is 2.14. The van der Waals surface area contributed by atoms with Crippen LogP contribution in [-0.4, -0.2) is 11.9 Å². The van der Waals surface area contributed by atoms with Crippen molar-refractivity contribution in [3.8, 4) is 0 Å². The molecule has 0 radical (unpaired) electrons. The molecule has 0 aliphatic carbocycles. The van der Waals surface area contributed by atoms with Crippen LogP contribution < -0.4 is 5.32 Å². The van der Waals surface area contributed by atoms with Crippen molar-refractivity contribution in [3.05, 3.63) is 48.2 Å². The van der Waals surface area contributed by atoms with Crippen LogP contribution in [0.2, 0.25) is 0 Å². The maximum Gasteiger partial charge on any atom is 0.287 e. The summed E-state index contributed by atoms with van der Waals surface area (Å²) in [6, 6.07) is 13.9. The van der Waals surface area contributed by atoms with E-state index in [1.165, 1.54) is 0 Å². The monoisotopic (exact) mass is 253 g/mol. The lowest BCUT2D eigenvalue weighted by Crippen LogP contribution is -2.29. The third kappa shape index (κ3) is 2.08. The molecule has 19 heavy (non-hydrogen) atoms. The summed E-state index contributed by atoms with van der Waals surface area (Å²) in [5, 5.41) is 6.06. The first-order valence-electron chi connectivity index (χ1n) is 6.37. The zero-order chi connectivity index (χ0) is 13.4. The minimum atomic E-state index is -0.171. The Morgan fingerprint density at radius 2 is 1.89 bits per heavy atom. The Bertz CT molecular complexity index is 756. The predicted octanol–water partition coefficient (Wildman–Crippen LogP) is 3.72. The first-order chi connectivity index (χ1) is 9.15. The molecule has 1 amide bonds. The van der Waals surface area contributed by atoms with E-state index in [1.54, 1.807) is 0 Å². The molecule has 0 unspecified atom stereocenters. The quantitative estimate of drug-likeness (QED) is 0.756. The first-order valence-corrected chi connectivity index (χ1v) is 6.37. The van der Waals surface area contributed by atoms with Gasteiger partial charge in [0.05, 0.1) is 0 Å². The summed E-state index contributed by atoms with van der Waals surface area (Å²) < 4.78 is 5.63. The fourth-order valence-corrected chi connectivity index (χ4v) is 2.24. The number of carbonyl (C=O) groups excluding carboxylic acids is 1. The van der Waals surface area contributed by atoms with Gasteiger partial charge in [-0.1, -0.05) is 30.3 Å². The minimum Gasteiger partial charge on any atom is -0.451 e. The minimum absolute atomic E-state index is 0.0949.